The molecule has 0 atom stereocenters. The van der Waals surface area contributed by atoms with Gasteiger partial charge in [-0.05, 0) is 116 Å². The van der Waals surface area contributed by atoms with Gasteiger partial charge in [0.2, 0.25) is 0 Å². The molecule has 0 fully saturated rings. The van der Waals surface area contributed by atoms with Crippen molar-refractivity contribution < 1.29 is 0 Å². The number of benzene rings is 10. The molecule has 0 N–H and O–H groups in total. The molecule has 0 amide bonds. The van der Waals surface area contributed by atoms with Crippen molar-refractivity contribution in [2.45, 2.75) is 0 Å². The minimum Gasteiger partial charge on any atom is -0.310 e. The van der Waals surface area contributed by atoms with E-state index >= 15 is 0 Å². The summed E-state index contributed by atoms with van der Waals surface area (Å²) in [6.45, 7) is 0. The molecule has 2 aromatic heterocycles. The average Bonchev–Trinajstić information content (AvgIpc) is 3.94. The first kappa shape index (κ1) is 42.6. The zero-order chi connectivity index (χ0) is 47.1. The molecule has 2 nitrogen and oxygen atoms in total. The maximum Gasteiger partial charge on any atom is 0.141 e. The number of hydrogen-bond acceptors (Lipinski definition) is 0. The number of nitrogens with zero attached hydrogens (tertiary/aromatic N) is 2. The summed E-state index contributed by atoms with van der Waals surface area (Å²) in [4.78, 5) is 0. The molecular formula is C60H47B7N2. The first-order chi connectivity index (χ1) is 33.7. The summed E-state index contributed by atoms with van der Waals surface area (Å²) in [5, 5.41) is 5.19. The molecule has 0 bridgehead atoms. The average molecular weight is 872 g/mol. The Kier molecular flexibility index (Phi) is 10.4. The molecule has 9 heteroatoms. The summed E-state index contributed by atoms with van der Waals surface area (Å²) >= 11 is 0. The fourth-order valence-corrected chi connectivity index (χ4v) is 11.4. The van der Waals surface area contributed by atoms with Gasteiger partial charge in [-0.15, -0.1) is 5.46 Å². The van der Waals surface area contributed by atoms with Crippen LogP contribution < -0.4 is 38.2 Å². The highest BCUT2D eigenvalue weighted by atomic mass is 15.0. The highest BCUT2D eigenvalue weighted by Gasteiger charge is 2.25. The SMILES string of the molecule is Bc1c(B)c(B)c2c(c1B)c1c(B)c(-c3ccc4c(c3)c3cc(-c5cccc(-c6ccccc6)c5)ccc3n4-c3ccc(-c4ccccc4)cc3)c(B)c(B)c1n2-c1ccc(-c2ccccc2)cc1. The Bertz CT molecular complexity index is 3990. The van der Waals surface area contributed by atoms with Crippen LogP contribution in [0.3, 0.4) is 0 Å². The Labute approximate surface area is 410 Å². The van der Waals surface area contributed by atoms with E-state index in [1.165, 1.54) is 143 Å². The predicted molar refractivity (Wildman–Crippen MR) is 320 cm³/mol. The zero-order valence-electron chi connectivity index (χ0n) is 40.4. The maximum absolute atomic E-state index is 2.57. The van der Waals surface area contributed by atoms with Gasteiger partial charge in [0.1, 0.15) is 54.9 Å². The van der Waals surface area contributed by atoms with Gasteiger partial charge in [0.25, 0.3) is 0 Å². The van der Waals surface area contributed by atoms with Crippen LogP contribution in [0, 0.1) is 0 Å². The van der Waals surface area contributed by atoms with Gasteiger partial charge in [0, 0.05) is 38.6 Å². The standard InChI is InChI=1S/C60H47B7N2/c61-52-49(53(62)57(66)59-50(52)51-54(63)55(64)56(65)58(67)60(51)69(59)44-27-21-38(22-28-44)35-13-6-2-7-14-35)42-24-30-48-46(33-42)45-32-41(40-18-10-17-39(31-40)36-15-8-3-9-16-36)23-29-47(45)68(48)43-25-19-37(20-26-43)34-11-4-1-5-12-34/h1-33H,61-67H2. The summed E-state index contributed by atoms with van der Waals surface area (Å²) in [5.74, 6) is 0. The second-order valence-corrected chi connectivity index (χ2v) is 19.1. The first-order valence-electron chi connectivity index (χ1n) is 24.3. The van der Waals surface area contributed by atoms with Crippen molar-refractivity contribution in [1.82, 2.24) is 9.13 Å². The third-order valence-corrected chi connectivity index (χ3v) is 15.5. The van der Waals surface area contributed by atoms with Crippen molar-refractivity contribution in [3.63, 3.8) is 0 Å². The van der Waals surface area contributed by atoms with Crippen LogP contribution in [0.25, 0.3) is 111 Å². The van der Waals surface area contributed by atoms with E-state index in [4.69, 9.17) is 0 Å². The fraction of sp³-hybridized carbons (Fsp3) is 0. The summed E-state index contributed by atoms with van der Waals surface area (Å²) in [6.07, 6.45) is 0. The molecule has 0 spiro atoms. The number of fused-ring (bicyclic) bond motifs is 6. The van der Waals surface area contributed by atoms with E-state index < -0.39 is 0 Å². The highest BCUT2D eigenvalue weighted by molar-refractivity contribution is 6.69. The minimum absolute atomic E-state index is 1.15. The monoisotopic (exact) mass is 872 g/mol. The van der Waals surface area contributed by atoms with Gasteiger partial charge >= 0.3 is 0 Å². The third-order valence-electron chi connectivity index (χ3n) is 15.5. The van der Waals surface area contributed by atoms with Crippen LogP contribution in [0.2, 0.25) is 0 Å². The maximum atomic E-state index is 2.57. The fourth-order valence-electron chi connectivity index (χ4n) is 11.4. The van der Waals surface area contributed by atoms with Crippen LogP contribution in [-0.2, 0) is 0 Å². The smallest absolute Gasteiger partial charge is 0.141 e. The molecule has 0 saturated heterocycles. The molecule has 0 unspecified atom stereocenters. The lowest BCUT2D eigenvalue weighted by Crippen LogP contribution is -2.48. The molecule has 2 heterocycles. The third kappa shape index (κ3) is 6.89. The Morgan fingerprint density at radius 2 is 0.609 bits per heavy atom. The van der Waals surface area contributed by atoms with Crippen LogP contribution in [-0.4, -0.2) is 64.1 Å². The highest BCUT2D eigenvalue weighted by Crippen LogP contribution is 2.39. The molecule has 0 saturated carbocycles. The van der Waals surface area contributed by atoms with Crippen LogP contribution in [0.4, 0.5) is 0 Å². The van der Waals surface area contributed by atoms with E-state index in [0.717, 1.165) is 5.69 Å². The Hall–Kier alpha value is -7.75. The second kappa shape index (κ2) is 16.8. The zero-order valence-corrected chi connectivity index (χ0v) is 40.4. The van der Waals surface area contributed by atoms with Crippen molar-refractivity contribution in [2.75, 3.05) is 0 Å². The van der Waals surface area contributed by atoms with E-state index in [1.807, 2.05) is 0 Å². The molecule has 69 heavy (non-hydrogen) atoms. The van der Waals surface area contributed by atoms with E-state index in [-0.39, 0.29) is 0 Å². The lowest BCUT2D eigenvalue weighted by atomic mass is 9.64. The topological polar surface area (TPSA) is 9.86 Å². The van der Waals surface area contributed by atoms with Crippen molar-refractivity contribution in [3.8, 4) is 67.0 Å². The minimum atomic E-state index is 1.15. The van der Waals surface area contributed by atoms with Crippen LogP contribution in [0.15, 0.2) is 200 Å². The number of aromatic nitrogens is 2. The largest absolute Gasteiger partial charge is 0.310 e. The Balaban J connectivity index is 1.09. The molecule has 12 rings (SSSR count). The summed E-state index contributed by atoms with van der Waals surface area (Å²) in [5.41, 5.74) is 29.0. The van der Waals surface area contributed by atoms with E-state index in [1.54, 1.807) is 0 Å². The van der Waals surface area contributed by atoms with Crippen LogP contribution in [0.1, 0.15) is 0 Å². The number of hydrogen-bond donors (Lipinski definition) is 0. The van der Waals surface area contributed by atoms with Gasteiger partial charge < -0.3 is 9.13 Å². The summed E-state index contributed by atoms with van der Waals surface area (Å²) in [6, 6.07) is 73.5. The van der Waals surface area contributed by atoms with Gasteiger partial charge in [0.15, 0.2) is 0 Å². The quantitative estimate of drug-likeness (QED) is 0.215. The first-order valence-corrected chi connectivity index (χ1v) is 24.3. The van der Waals surface area contributed by atoms with Gasteiger partial charge in [-0.25, -0.2) is 0 Å². The van der Waals surface area contributed by atoms with Crippen molar-refractivity contribution >= 4 is 137 Å². The van der Waals surface area contributed by atoms with Crippen LogP contribution >= 0.6 is 0 Å². The number of rotatable bonds is 7. The Morgan fingerprint density at radius 3 is 1.14 bits per heavy atom. The molecule has 0 aliphatic heterocycles. The van der Waals surface area contributed by atoms with Crippen molar-refractivity contribution in [1.29, 1.82) is 0 Å². The molecule has 0 aliphatic rings. The molecule has 0 radical (unpaired) electrons. The van der Waals surface area contributed by atoms with Crippen molar-refractivity contribution in [2.24, 2.45) is 0 Å². The van der Waals surface area contributed by atoms with E-state index in [9.17, 15) is 0 Å². The molecule has 10 aromatic carbocycles. The Morgan fingerprint density at radius 1 is 0.246 bits per heavy atom. The van der Waals surface area contributed by atoms with Crippen LogP contribution in [0.5, 0.6) is 0 Å². The second-order valence-electron chi connectivity index (χ2n) is 19.1. The normalized spacial score (nSPS) is 11.6. The summed E-state index contributed by atoms with van der Waals surface area (Å²) < 4.78 is 5.02. The van der Waals surface area contributed by atoms with Gasteiger partial charge in [-0.3, -0.25) is 0 Å². The van der Waals surface area contributed by atoms with E-state index in [2.05, 4.69) is 264 Å². The van der Waals surface area contributed by atoms with Gasteiger partial charge in [0.05, 0.1) is 11.0 Å². The van der Waals surface area contributed by atoms with Gasteiger partial charge in [-0.1, -0.05) is 178 Å². The van der Waals surface area contributed by atoms with Gasteiger partial charge in [-0.2, -0.15) is 0 Å². The lowest BCUT2D eigenvalue weighted by Gasteiger charge is -2.19. The lowest BCUT2D eigenvalue weighted by molar-refractivity contribution is 1.18. The molecular weight excluding hydrogens is 824 g/mol. The predicted octanol–water partition coefficient (Wildman–Crippen LogP) is 4.02. The summed E-state index contributed by atoms with van der Waals surface area (Å²) in [7, 11) is 16.3. The molecule has 0 aliphatic carbocycles. The van der Waals surface area contributed by atoms with E-state index in [0.29, 0.717) is 0 Å². The molecule has 318 valence electrons. The van der Waals surface area contributed by atoms with Crippen molar-refractivity contribution in [3.05, 3.63) is 200 Å². The molecule has 12 aromatic rings.